The molecular weight excluding hydrogens is 311 g/mol. The average Bonchev–Trinajstić information content (AvgIpc) is 2.83. The molecule has 3 N–H and O–H groups in total. The third kappa shape index (κ3) is 5.85. The van der Waals surface area contributed by atoms with Crippen LogP contribution in [0.3, 0.4) is 0 Å². The van der Waals surface area contributed by atoms with Gasteiger partial charge in [-0.05, 0) is 23.1 Å². The molecule has 0 radical (unpaired) electrons. The van der Waals surface area contributed by atoms with Crippen molar-refractivity contribution < 1.29 is 19.0 Å². The quantitative estimate of drug-likeness (QED) is 0.737. The van der Waals surface area contributed by atoms with Gasteiger partial charge >= 0.3 is 0 Å². The Morgan fingerprint density at radius 3 is 2.62 bits per heavy atom. The van der Waals surface area contributed by atoms with Crippen LogP contribution >= 0.6 is 0 Å². The second-order valence-corrected chi connectivity index (χ2v) is 7.52. The Morgan fingerprint density at radius 2 is 2.00 bits per heavy atom. The predicted molar refractivity (Wildman–Crippen MR) is 89.9 cm³/mol. The van der Waals surface area contributed by atoms with Gasteiger partial charge < -0.3 is 20.5 Å². The summed E-state index contributed by atoms with van der Waals surface area (Å²) in [6.07, 6.45) is -0.678. The van der Waals surface area contributed by atoms with E-state index in [1.807, 2.05) is 20.8 Å². The zero-order chi connectivity index (χ0) is 17.7. The highest BCUT2D eigenvalue weighted by atomic mass is 19.1. The Morgan fingerprint density at radius 1 is 1.33 bits per heavy atom. The molecular formula is C18H27FN2O3. The summed E-state index contributed by atoms with van der Waals surface area (Å²) in [5.74, 6) is -0.310. The predicted octanol–water partition coefficient (Wildman–Crippen LogP) is 1.60. The van der Waals surface area contributed by atoms with Gasteiger partial charge in [0, 0.05) is 19.5 Å². The van der Waals surface area contributed by atoms with E-state index in [1.165, 1.54) is 12.1 Å². The maximum absolute atomic E-state index is 12.9. The van der Waals surface area contributed by atoms with E-state index in [4.69, 9.17) is 4.74 Å². The van der Waals surface area contributed by atoms with Gasteiger partial charge in [0.1, 0.15) is 11.9 Å². The molecule has 1 heterocycles. The van der Waals surface area contributed by atoms with E-state index in [0.717, 1.165) is 5.56 Å². The number of ether oxygens (including phenoxy) is 1. The number of hydrogen-bond donors (Lipinski definition) is 3. The number of aliphatic hydroxyl groups is 1. The second-order valence-electron chi connectivity index (χ2n) is 7.52. The Kier molecular flexibility index (Phi) is 6.32. The number of benzene rings is 1. The molecule has 0 aliphatic carbocycles. The molecule has 0 bridgehead atoms. The largest absolute Gasteiger partial charge is 0.389 e. The molecule has 0 aromatic heterocycles. The SMILES string of the molecule is CC(C)(C)CC(=O)NC[C@H]1OC[C@@H](NCc2ccc(F)cc2)[C@@H]1O. The minimum absolute atomic E-state index is 0.0407. The zero-order valence-electron chi connectivity index (χ0n) is 14.5. The van der Waals surface area contributed by atoms with Gasteiger partial charge in [-0.3, -0.25) is 4.79 Å². The van der Waals surface area contributed by atoms with Crippen LogP contribution in [0.15, 0.2) is 24.3 Å². The van der Waals surface area contributed by atoms with Crippen molar-refractivity contribution in [2.24, 2.45) is 5.41 Å². The van der Waals surface area contributed by atoms with Gasteiger partial charge in [0.15, 0.2) is 0 Å². The summed E-state index contributed by atoms with van der Waals surface area (Å²) in [5, 5.41) is 16.3. The Labute approximate surface area is 142 Å². The number of halogens is 1. The smallest absolute Gasteiger partial charge is 0.220 e. The molecule has 1 aliphatic heterocycles. The molecule has 1 aromatic rings. The number of nitrogens with one attached hydrogen (secondary N) is 2. The Bertz CT molecular complexity index is 542. The van der Waals surface area contributed by atoms with Crippen molar-refractivity contribution >= 4 is 5.91 Å². The lowest BCUT2D eigenvalue weighted by Crippen LogP contribution is -2.44. The molecule has 3 atom stereocenters. The van der Waals surface area contributed by atoms with Gasteiger partial charge in [0.05, 0.1) is 18.8 Å². The van der Waals surface area contributed by atoms with E-state index in [2.05, 4.69) is 10.6 Å². The fourth-order valence-corrected chi connectivity index (χ4v) is 2.65. The molecule has 0 spiro atoms. The monoisotopic (exact) mass is 338 g/mol. The van der Waals surface area contributed by atoms with Crippen LogP contribution in [0.1, 0.15) is 32.8 Å². The van der Waals surface area contributed by atoms with Crippen LogP contribution in [0.4, 0.5) is 4.39 Å². The third-order valence-electron chi connectivity index (χ3n) is 3.96. The van der Waals surface area contributed by atoms with E-state index in [0.29, 0.717) is 26.1 Å². The van der Waals surface area contributed by atoms with Crippen LogP contribution in [0.2, 0.25) is 0 Å². The van der Waals surface area contributed by atoms with Crippen molar-refractivity contribution in [1.82, 2.24) is 10.6 Å². The molecule has 134 valence electrons. The first-order chi connectivity index (χ1) is 11.2. The molecule has 1 saturated heterocycles. The summed E-state index contributed by atoms with van der Waals surface area (Å²) in [6.45, 7) is 7.20. The molecule has 1 aromatic carbocycles. The van der Waals surface area contributed by atoms with Gasteiger partial charge in [-0.15, -0.1) is 0 Å². The first-order valence-electron chi connectivity index (χ1n) is 8.29. The minimum atomic E-state index is -0.694. The summed E-state index contributed by atoms with van der Waals surface area (Å²) >= 11 is 0. The Hall–Kier alpha value is -1.50. The maximum Gasteiger partial charge on any atom is 0.220 e. The van der Waals surface area contributed by atoms with E-state index >= 15 is 0 Å². The highest BCUT2D eigenvalue weighted by Crippen LogP contribution is 2.18. The number of hydrogen-bond acceptors (Lipinski definition) is 4. The van der Waals surface area contributed by atoms with Crippen LogP contribution in [0.5, 0.6) is 0 Å². The number of aliphatic hydroxyl groups excluding tert-OH is 1. The summed E-state index contributed by atoms with van der Waals surface area (Å²) in [5.41, 5.74) is 0.865. The average molecular weight is 338 g/mol. The van der Waals surface area contributed by atoms with Crippen LogP contribution in [-0.2, 0) is 16.1 Å². The van der Waals surface area contributed by atoms with E-state index in [1.54, 1.807) is 12.1 Å². The lowest BCUT2D eigenvalue weighted by atomic mass is 9.92. The van der Waals surface area contributed by atoms with Crippen molar-refractivity contribution in [2.45, 2.75) is 52.0 Å². The zero-order valence-corrected chi connectivity index (χ0v) is 14.5. The maximum atomic E-state index is 12.9. The molecule has 0 unspecified atom stereocenters. The van der Waals surface area contributed by atoms with E-state index < -0.39 is 12.2 Å². The van der Waals surface area contributed by atoms with E-state index in [9.17, 15) is 14.3 Å². The van der Waals surface area contributed by atoms with Crippen LogP contribution < -0.4 is 10.6 Å². The van der Waals surface area contributed by atoms with Crippen molar-refractivity contribution in [3.63, 3.8) is 0 Å². The molecule has 1 aliphatic rings. The molecule has 2 rings (SSSR count). The number of amides is 1. The topological polar surface area (TPSA) is 70.6 Å². The van der Waals surface area contributed by atoms with Crippen molar-refractivity contribution in [3.05, 3.63) is 35.6 Å². The fourth-order valence-electron chi connectivity index (χ4n) is 2.65. The van der Waals surface area contributed by atoms with Gasteiger partial charge in [0.2, 0.25) is 5.91 Å². The lowest BCUT2D eigenvalue weighted by molar-refractivity contribution is -0.123. The summed E-state index contributed by atoms with van der Waals surface area (Å²) in [6, 6.07) is 6.02. The third-order valence-corrected chi connectivity index (χ3v) is 3.96. The van der Waals surface area contributed by atoms with Crippen LogP contribution in [-0.4, -0.2) is 42.4 Å². The summed E-state index contributed by atoms with van der Waals surface area (Å²) < 4.78 is 18.5. The molecule has 24 heavy (non-hydrogen) atoms. The molecule has 0 saturated carbocycles. The molecule has 6 heteroatoms. The second kappa shape index (κ2) is 8.05. The first kappa shape index (κ1) is 18.8. The number of carbonyl (C=O) groups excluding carboxylic acids is 1. The van der Waals surface area contributed by atoms with E-state index in [-0.39, 0.29) is 23.2 Å². The summed E-state index contributed by atoms with van der Waals surface area (Å²) in [7, 11) is 0. The molecule has 1 fully saturated rings. The summed E-state index contributed by atoms with van der Waals surface area (Å²) in [4.78, 5) is 11.8. The van der Waals surface area contributed by atoms with Crippen LogP contribution in [0.25, 0.3) is 0 Å². The van der Waals surface area contributed by atoms with Gasteiger partial charge in [0.25, 0.3) is 0 Å². The highest BCUT2D eigenvalue weighted by molar-refractivity contribution is 5.76. The highest BCUT2D eigenvalue weighted by Gasteiger charge is 2.35. The normalized spacial score (nSPS) is 24.1. The number of carbonyl (C=O) groups is 1. The molecule has 5 nitrogen and oxygen atoms in total. The number of rotatable bonds is 6. The Balaban J connectivity index is 1.74. The standard InChI is InChI=1S/C18H27FN2O3/c1-18(2,3)8-16(22)21-10-15-17(23)14(11-24-15)20-9-12-4-6-13(19)7-5-12/h4-7,14-15,17,20,23H,8-11H2,1-3H3,(H,21,22)/t14-,15-,17+/m1/s1. The van der Waals surface area contributed by atoms with Gasteiger partial charge in [-0.2, -0.15) is 0 Å². The van der Waals surface area contributed by atoms with Gasteiger partial charge in [-0.1, -0.05) is 32.9 Å². The van der Waals surface area contributed by atoms with Crippen molar-refractivity contribution in [3.8, 4) is 0 Å². The molecule has 1 amide bonds. The first-order valence-corrected chi connectivity index (χ1v) is 8.29. The van der Waals surface area contributed by atoms with Crippen molar-refractivity contribution in [1.29, 1.82) is 0 Å². The van der Waals surface area contributed by atoms with Gasteiger partial charge in [-0.25, -0.2) is 4.39 Å². The fraction of sp³-hybridized carbons (Fsp3) is 0.611. The minimum Gasteiger partial charge on any atom is -0.389 e. The van der Waals surface area contributed by atoms with Crippen molar-refractivity contribution in [2.75, 3.05) is 13.2 Å². The lowest BCUT2D eigenvalue weighted by Gasteiger charge is -2.21. The van der Waals surface area contributed by atoms with Crippen LogP contribution in [0, 0.1) is 11.2 Å².